The van der Waals surface area contributed by atoms with Crippen LogP contribution in [0.5, 0.6) is 17.2 Å². The number of benzene rings is 6. The van der Waals surface area contributed by atoms with E-state index in [2.05, 4.69) is 42.3 Å². The zero-order chi connectivity index (χ0) is 52.3. The van der Waals surface area contributed by atoms with E-state index in [1.165, 1.54) is 62.5 Å². The topological polar surface area (TPSA) is 192 Å². The van der Waals surface area contributed by atoms with Crippen LogP contribution in [-0.2, 0) is 37.0 Å². The van der Waals surface area contributed by atoms with Gasteiger partial charge in [0.25, 0.3) is 5.91 Å². The van der Waals surface area contributed by atoms with Crippen LogP contribution in [0.3, 0.4) is 0 Å². The van der Waals surface area contributed by atoms with E-state index in [4.69, 9.17) is 15.0 Å². The fourth-order valence-corrected chi connectivity index (χ4v) is 12.1. The molecule has 15 nitrogen and oxygen atoms in total. The van der Waals surface area contributed by atoms with Gasteiger partial charge in [0.15, 0.2) is 0 Å². The number of halogens is 1. The van der Waals surface area contributed by atoms with Crippen LogP contribution < -0.4 is 40.2 Å². The number of ether oxygens (including phenoxy) is 2. The maximum absolute atomic E-state index is 15.0. The first-order valence-electron chi connectivity index (χ1n) is 26.8. The molecule has 0 aliphatic carbocycles. The lowest BCUT2D eigenvalue weighted by Crippen LogP contribution is -2.41. The quantitative estimate of drug-likeness (QED) is 0.0230. The molecule has 4 N–H and O–H groups in total. The van der Waals surface area contributed by atoms with Crippen LogP contribution in [0, 0.1) is 5.82 Å². The van der Waals surface area contributed by atoms with Crippen LogP contribution >= 0.6 is 0 Å². The zero-order valence-electron chi connectivity index (χ0n) is 42.6. The molecule has 6 aromatic rings. The van der Waals surface area contributed by atoms with Gasteiger partial charge >= 0.3 is 5.97 Å². The summed E-state index contributed by atoms with van der Waals surface area (Å²) in [5.41, 5.74) is 17.7. The van der Waals surface area contributed by atoms with Crippen molar-refractivity contribution in [1.29, 1.82) is 0 Å². The highest BCUT2D eigenvalue weighted by molar-refractivity contribution is 6.03. The molecular weight excluding hydrogens is 964 g/mol. The van der Waals surface area contributed by atoms with Gasteiger partial charge in [-0.05, 0) is 128 Å². The lowest BCUT2D eigenvalue weighted by molar-refractivity contribution is -0.131. The molecule has 76 heavy (non-hydrogen) atoms. The Balaban J connectivity index is 0.865. The second-order valence-corrected chi connectivity index (χ2v) is 20.6. The number of amides is 2. The van der Waals surface area contributed by atoms with E-state index in [0.717, 1.165) is 129 Å². The maximum atomic E-state index is 15.0. The summed E-state index contributed by atoms with van der Waals surface area (Å²) in [5, 5.41) is 35.3. The van der Waals surface area contributed by atoms with Crippen molar-refractivity contribution in [2.75, 3.05) is 63.9 Å². The van der Waals surface area contributed by atoms with Crippen molar-refractivity contribution in [1.82, 2.24) is 20.1 Å². The Kier molecular flexibility index (Phi) is 14.7. The minimum absolute atomic E-state index is 0.00671. The van der Waals surface area contributed by atoms with E-state index in [-0.39, 0.29) is 68.5 Å². The molecule has 0 aromatic heterocycles. The highest BCUT2D eigenvalue weighted by atomic mass is 19.1. The van der Waals surface area contributed by atoms with Crippen LogP contribution in [0.4, 0.5) is 15.8 Å². The summed E-state index contributed by atoms with van der Waals surface area (Å²) in [5.74, 6) is -0.348. The molecule has 11 rings (SSSR count). The van der Waals surface area contributed by atoms with E-state index in [0.29, 0.717) is 16.9 Å². The lowest BCUT2D eigenvalue weighted by Gasteiger charge is -2.35. The van der Waals surface area contributed by atoms with Crippen molar-refractivity contribution < 1.29 is 38.5 Å². The largest absolute Gasteiger partial charge is 0.490 e. The molecule has 0 saturated heterocycles. The molecule has 0 spiro atoms. The van der Waals surface area contributed by atoms with Crippen LogP contribution in [-0.4, -0.2) is 98.0 Å². The number of carboxylic acids is 1. The van der Waals surface area contributed by atoms with Gasteiger partial charge in [0.1, 0.15) is 48.9 Å². The van der Waals surface area contributed by atoms with Gasteiger partial charge in [-0.15, -0.1) is 0 Å². The normalized spacial score (nSPS) is 15.6. The minimum atomic E-state index is -1.11. The standard InChI is InChI=1S/C60H61FN8O7/c61-50-30-37(18-21-51(50)65-66-62)35-69(53(71)22-23-63-34-42(70)36-75-52-17-7-13-38-10-1-2-14-43(38)52)29-24-64-59(72)41-19-20-44(60(73)74)47(33-41)54-48-31-39-11-3-5-25-67-27-8-15-45(55(39)67)57(48)76-58-46-16-9-28-68-26-6-4-12-40(56(46)68)32-49(54)58/h1-2,7,10,13-14,17-21,30-33,42,63,70H,3-6,8-9,11-12,15-16,22-29,34-36H2,(H-,64,72,73,74)/p+1/t42-/m0/s1. The first-order chi connectivity index (χ1) is 37.1. The number of carbonyl (C=O) groups is 3. The van der Waals surface area contributed by atoms with E-state index < -0.39 is 23.8 Å². The molecule has 1 atom stereocenters. The summed E-state index contributed by atoms with van der Waals surface area (Å²) >= 11 is 0. The highest BCUT2D eigenvalue weighted by Gasteiger charge is 2.36. The first kappa shape index (κ1) is 50.4. The molecule has 5 aliphatic heterocycles. The third kappa shape index (κ3) is 10.2. The lowest BCUT2D eigenvalue weighted by atomic mass is 9.82. The third-order valence-corrected chi connectivity index (χ3v) is 15.6. The van der Waals surface area contributed by atoms with Crippen molar-refractivity contribution in [2.24, 2.45) is 5.11 Å². The van der Waals surface area contributed by atoms with Gasteiger partial charge in [-0.25, -0.2) is 13.8 Å². The van der Waals surface area contributed by atoms with Crippen LogP contribution in [0.2, 0.25) is 0 Å². The fraction of sp³-hybridized carbons (Fsp3) is 0.367. The number of aliphatic hydroxyl groups excluding tert-OH is 1. The Morgan fingerprint density at radius 2 is 1.67 bits per heavy atom. The van der Waals surface area contributed by atoms with Crippen molar-refractivity contribution in [3.05, 3.63) is 168 Å². The Bertz CT molecular complexity index is 3480. The van der Waals surface area contributed by atoms with Crippen molar-refractivity contribution in [2.45, 2.75) is 83.3 Å². The zero-order valence-corrected chi connectivity index (χ0v) is 42.6. The second kappa shape index (κ2) is 22.2. The number of aryl methyl sites for hydroxylation is 2. The smallest absolute Gasteiger partial charge is 0.336 e. The predicted octanol–water partition coefficient (Wildman–Crippen LogP) is 8.01. The van der Waals surface area contributed by atoms with Gasteiger partial charge in [0.05, 0.1) is 16.8 Å². The van der Waals surface area contributed by atoms with E-state index in [1.807, 2.05) is 42.5 Å². The number of hydrogen-bond donors (Lipinski definition) is 4. The van der Waals surface area contributed by atoms with E-state index >= 15 is 0 Å². The maximum Gasteiger partial charge on any atom is 0.336 e. The number of carbonyl (C=O) groups excluding carboxylic acids is 2. The molecule has 6 aromatic carbocycles. The molecule has 0 unspecified atom stereocenters. The number of nitrogens with one attached hydrogen (secondary N) is 2. The van der Waals surface area contributed by atoms with Crippen molar-refractivity contribution in [3.8, 4) is 17.2 Å². The monoisotopic (exact) mass is 1030 g/mol. The number of fused-ring (bicyclic) bond motifs is 5. The number of hydrogen-bond acceptors (Lipinski definition) is 9. The summed E-state index contributed by atoms with van der Waals surface area (Å²) in [6.07, 6.45) is 8.93. The van der Waals surface area contributed by atoms with Crippen molar-refractivity contribution in [3.63, 3.8) is 0 Å². The first-order valence-corrected chi connectivity index (χ1v) is 26.8. The molecule has 0 saturated carbocycles. The Hall–Kier alpha value is -7.78. The fourth-order valence-electron chi connectivity index (χ4n) is 12.1. The molecule has 2 amide bonds. The summed E-state index contributed by atoms with van der Waals surface area (Å²) < 4.78 is 30.7. The van der Waals surface area contributed by atoms with Gasteiger partial charge in [-0.1, -0.05) is 47.6 Å². The van der Waals surface area contributed by atoms with Crippen LogP contribution in [0.1, 0.15) is 105 Å². The Labute approximate surface area is 439 Å². The number of rotatable bonds is 17. The van der Waals surface area contributed by atoms with Gasteiger partial charge in [-0.3, -0.25) is 9.59 Å². The van der Waals surface area contributed by atoms with Crippen LogP contribution in [0.15, 0.2) is 96.1 Å². The van der Waals surface area contributed by atoms with Gasteiger partial charge < -0.3 is 40.1 Å². The average molecular weight is 1030 g/mol. The van der Waals surface area contributed by atoms with Gasteiger partial charge in [-0.2, -0.15) is 0 Å². The number of aliphatic hydroxyl groups is 1. The van der Waals surface area contributed by atoms with Gasteiger partial charge in [0.2, 0.25) is 11.3 Å². The second-order valence-electron chi connectivity index (χ2n) is 20.6. The minimum Gasteiger partial charge on any atom is -0.490 e. The average Bonchev–Trinajstić information content (AvgIpc) is 3.96. The summed E-state index contributed by atoms with van der Waals surface area (Å²) in [4.78, 5) is 48.5. The molecule has 5 aliphatic rings. The van der Waals surface area contributed by atoms with Gasteiger partial charge in [0, 0.05) is 114 Å². The highest BCUT2D eigenvalue weighted by Crippen LogP contribution is 2.48. The van der Waals surface area contributed by atoms with Crippen LogP contribution in [0.25, 0.3) is 26.8 Å². The molecular formula is C60H62FN8O7+. The SMILES string of the molecule is [N-]=[N+]=Nc1ccc(CN(CCNC(=O)c2ccc(C(=O)O)c(C3=c4cc5c6c(c4Oc4c3cc3c7c4CCCN7CCCC3)CCC[N+]=6CCCC5)c2)C(=O)CCNC[C@H](O)COc2cccc3ccccc23)cc1F. The Morgan fingerprint density at radius 3 is 2.54 bits per heavy atom. The molecule has 0 radical (unpaired) electrons. The number of anilines is 1. The number of aromatic carboxylic acids is 1. The Morgan fingerprint density at radius 1 is 0.855 bits per heavy atom. The predicted molar refractivity (Wildman–Crippen MR) is 289 cm³/mol. The molecule has 16 heteroatoms. The van der Waals surface area contributed by atoms with E-state index in [9.17, 15) is 29.0 Å². The summed E-state index contributed by atoms with van der Waals surface area (Å²) in [6, 6.07) is 26.9. The number of nitrogens with zero attached hydrogens (tertiary/aromatic N) is 6. The molecule has 5 heterocycles. The molecule has 0 fully saturated rings. The number of carboxylic acid groups (broad SMARTS) is 1. The number of azide groups is 1. The summed E-state index contributed by atoms with van der Waals surface area (Å²) in [6.45, 7) is 4.44. The van der Waals surface area contributed by atoms with Crippen molar-refractivity contribution >= 4 is 45.5 Å². The van der Waals surface area contributed by atoms with E-state index in [1.54, 1.807) is 12.1 Å². The summed E-state index contributed by atoms with van der Waals surface area (Å²) in [7, 11) is 0. The third-order valence-electron chi connectivity index (χ3n) is 15.6. The molecule has 0 bridgehead atoms. The molecule has 390 valence electrons.